The van der Waals surface area contributed by atoms with Gasteiger partial charge in [-0.3, -0.25) is 0 Å². The van der Waals surface area contributed by atoms with Crippen molar-refractivity contribution in [3.63, 3.8) is 0 Å². The number of ether oxygens (including phenoxy) is 3. The fraction of sp³-hybridized carbons (Fsp3) is 0.333. The van der Waals surface area contributed by atoms with Gasteiger partial charge in [0.1, 0.15) is 5.75 Å². The molecule has 25 heavy (non-hydrogen) atoms. The zero-order chi connectivity index (χ0) is 18.4. The van der Waals surface area contributed by atoms with Crippen LogP contribution in [0.1, 0.15) is 34.8 Å². The highest BCUT2D eigenvalue weighted by molar-refractivity contribution is 6.35. The average Bonchev–Trinajstić information content (AvgIpc) is 2.98. The highest BCUT2D eigenvalue weighted by Crippen LogP contribution is 2.27. The second-order valence-corrected chi connectivity index (χ2v) is 5.42. The van der Waals surface area contributed by atoms with Crippen LogP contribution in [-0.4, -0.2) is 40.1 Å². The van der Waals surface area contributed by atoms with Gasteiger partial charge < -0.3 is 14.2 Å². The number of carbonyl (C=O) groups is 2. The third-order valence-electron chi connectivity index (χ3n) is 2.91. The summed E-state index contributed by atoms with van der Waals surface area (Å²) in [6.07, 6.45) is 0. The fourth-order valence-corrected chi connectivity index (χ4v) is 2.33. The summed E-state index contributed by atoms with van der Waals surface area (Å²) in [5.74, 6) is -1.21. The van der Waals surface area contributed by atoms with Gasteiger partial charge in [-0.15, -0.1) is 5.10 Å². The third-order valence-corrected chi connectivity index (χ3v) is 3.44. The largest absolute Gasteiger partial charge is 0.470 e. The lowest BCUT2D eigenvalue weighted by molar-refractivity contribution is 0.0461. The van der Waals surface area contributed by atoms with Crippen molar-refractivity contribution in [3.8, 4) is 5.75 Å². The molecule has 0 aliphatic rings. The smallest absolute Gasteiger partial charge is 0.361 e. The van der Waals surface area contributed by atoms with E-state index in [9.17, 15) is 9.59 Å². The van der Waals surface area contributed by atoms with Crippen molar-refractivity contribution in [1.82, 2.24) is 15.0 Å². The topological polar surface area (TPSA) is 92.5 Å². The number of halogens is 2. The van der Waals surface area contributed by atoms with Crippen molar-refractivity contribution in [3.05, 3.63) is 39.6 Å². The summed E-state index contributed by atoms with van der Waals surface area (Å²) in [5.41, 5.74) is -0.406. The number of benzene rings is 1. The summed E-state index contributed by atoms with van der Waals surface area (Å²) in [7, 11) is 0. The van der Waals surface area contributed by atoms with E-state index in [1.165, 1.54) is 6.07 Å². The molecule has 0 aliphatic carbocycles. The van der Waals surface area contributed by atoms with Gasteiger partial charge in [-0.25, -0.2) is 14.3 Å². The summed E-state index contributed by atoms with van der Waals surface area (Å²) in [6, 6.07) is 4.67. The van der Waals surface area contributed by atoms with Crippen LogP contribution in [0.15, 0.2) is 18.2 Å². The Morgan fingerprint density at radius 1 is 1.12 bits per heavy atom. The zero-order valence-electron chi connectivity index (χ0n) is 13.5. The van der Waals surface area contributed by atoms with Crippen molar-refractivity contribution >= 4 is 35.1 Å². The van der Waals surface area contributed by atoms with Crippen LogP contribution in [-0.2, 0) is 16.2 Å². The minimum Gasteiger partial charge on any atom is -0.470 e. The van der Waals surface area contributed by atoms with E-state index >= 15 is 0 Å². The monoisotopic (exact) mass is 387 g/mol. The molecule has 1 heterocycles. The molecule has 10 heteroatoms. The summed E-state index contributed by atoms with van der Waals surface area (Å²) in [4.78, 5) is 24.1. The highest BCUT2D eigenvalue weighted by Gasteiger charge is 2.27. The first-order valence-electron chi connectivity index (χ1n) is 7.33. The molecule has 0 saturated heterocycles. The van der Waals surface area contributed by atoms with Crippen molar-refractivity contribution in [2.45, 2.75) is 20.6 Å². The molecular weight excluding hydrogens is 373 g/mol. The Kier molecular flexibility index (Phi) is 6.60. The van der Waals surface area contributed by atoms with E-state index in [1.54, 1.807) is 26.0 Å². The standard InChI is InChI=1S/C15H15Cl2N3O5/c1-3-23-14(21)12-13(15(22)24-4-2)20(19-18-12)8-25-11-6-5-9(16)7-10(11)17/h5-7H,3-4,8H2,1-2H3. The normalized spacial score (nSPS) is 10.4. The lowest BCUT2D eigenvalue weighted by atomic mass is 10.3. The number of carbonyl (C=O) groups excluding carboxylic acids is 2. The van der Waals surface area contributed by atoms with Gasteiger partial charge in [-0.05, 0) is 32.0 Å². The van der Waals surface area contributed by atoms with Gasteiger partial charge in [0.05, 0.1) is 18.2 Å². The number of esters is 2. The summed E-state index contributed by atoms with van der Waals surface area (Å²) in [6.45, 7) is 3.31. The maximum Gasteiger partial charge on any atom is 0.361 e. The van der Waals surface area contributed by atoms with Gasteiger partial charge in [-0.1, -0.05) is 28.4 Å². The van der Waals surface area contributed by atoms with Crippen molar-refractivity contribution < 1.29 is 23.8 Å². The SMILES string of the molecule is CCOC(=O)c1nnn(COc2ccc(Cl)cc2Cl)c1C(=O)OCC. The maximum absolute atomic E-state index is 12.1. The molecular formula is C15H15Cl2N3O5. The van der Waals surface area contributed by atoms with Crippen LogP contribution in [0.4, 0.5) is 0 Å². The Bertz CT molecular complexity index is 779. The first-order valence-corrected chi connectivity index (χ1v) is 8.09. The molecule has 2 rings (SSSR count). The second kappa shape index (κ2) is 8.68. The average molecular weight is 388 g/mol. The van der Waals surface area contributed by atoms with Gasteiger partial charge in [0.15, 0.2) is 12.4 Å². The Labute approximate surface area is 153 Å². The molecule has 0 aliphatic heterocycles. The molecule has 0 N–H and O–H groups in total. The number of hydrogen-bond donors (Lipinski definition) is 0. The molecule has 0 spiro atoms. The van der Waals surface area contributed by atoms with Crippen molar-refractivity contribution in [2.24, 2.45) is 0 Å². The van der Waals surface area contributed by atoms with Crippen LogP contribution >= 0.6 is 23.2 Å². The van der Waals surface area contributed by atoms with Crippen LogP contribution in [0, 0.1) is 0 Å². The van der Waals surface area contributed by atoms with E-state index in [1.807, 2.05) is 0 Å². The molecule has 134 valence electrons. The van der Waals surface area contributed by atoms with Crippen LogP contribution in [0.2, 0.25) is 10.0 Å². The summed E-state index contributed by atoms with van der Waals surface area (Å²) < 4.78 is 16.4. The third kappa shape index (κ3) is 4.61. The first-order chi connectivity index (χ1) is 12.0. The maximum atomic E-state index is 12.1. The quantitative estimate of drug-likeness (QED) is 0.674. The first kappa shape index (κ1) is 19.0. The highest BCUT2D eigenvalue weighted by atomic mass is 35.5. The molecule has 1 aromatic heterocycles. The van der Waals surface area contributed by atoms with E-state index in [0.717, 1.165) is 4.68 Å². The minimum absolute atomic E-state index is 0.121. The second-order valence-electron chi connectivity index (χ2n) is 4.58. The molecule has 0 radical (unpaired) electrons. The Morgan fingerprint density at radius 2 is 1.80 bits per heavy atom. The van der Waals surface area contributed by atoms with Crippen LogP contribution < -0.4 is 4.74 Å². The van der Waals surface area contributed by atoms with Crippen LogP contribution in [0.5, 0.6) is 5.75 Å². The van der Waals surface area contributed by atoms with Gasteiger partial charge >= 0.3 is 11.9 Å². The lowest BCUT2D eigenvalue weighted by Gasteiger charge is -2.10. The molecule has 0 amide bonds. The number of hydrogen-bond acceptors (Lipinski definition) is 7. The molecule has 0 saturated carbocycles. The molecule has 2 aromatic rings. The zero-order valence-corrected chi connectivity index (χ0v) is 15.0. The minimum atomic E-state index is -0.777. The number of nitrogens with zero attached hydrogens (tertiary/aromatic N) is 3. The van der Waals surface area contributed by atoms with Crippen molar-refractivity contribution in [1.29, 1.82) is 0 Å². The van der Waals surface area contributed by atoms with Crippen LogP contribution in [0.3, 0.4) is 0 Å². The predicted molar refractivity (Wildman–Crippen MR) is 89.0 cm³/mol. The van der Waals surface area contributed by atoms with Gasteiger partial charge in [0, 0.05) is 5.02 Å². The molecule has 0 atom stereocenters. The number of aromatic nitrogens is 3. The number of rotatable bonds is 7. The molecule has 0 unspecified atom stereocenters. The molecule has 0 bridgehead atoms. The van der Waals surface area contributed by atoms with Gasteiger partial charge in [0.2, 0.25) is 5.69 Å². The summed E-state index contributed by atoms with van der Waals surface area (Å²) in [5, 5.41) is 8.19. The lowest BCUT2D eigenvalue weighted by Crippen LogP contribution is -2.19. The fourth-order valence-electron chi connectivity index (χ4n) is 1.86. The van der Waals surface area contributed by atoms with Gasteiger partial charge in [-0.2, -0.15) is 0 Å². The molecule has 0 fully saturated rings. The van der Waals surface area contributed by atoms with E-state index < -0.39 is 11.9 Å². The summed E-state index contributed by atoms with van der Waals surface area (Å²) >= 11 is 11.8. The van der Waals surface area contributed by atoms with E-state index in [2.05, 4.69) is 10.3 Å². The molecule has 1 aromatic carbocycles. The Hall–Kier alpha value is -2.32. The van der Waals surface area contributed by atoms with Crippen molar-refractivity contribution in [2.75, 3.05) is 13.2 Å². The predicted octanol–water partition coefficient (Wildman–Crippen LogP) is 2.97. The van der Waals surface area contributed by atoms with E-state index in [0.29, 0.717) is 10.8 Å². The molecule has 8 nitrogen and oxygen atoms in total. The van der Waals surface area contributed by atoms with Gasteiger partial charge in [0.25, 0.3) is 0 Å². The van der Waals surface area contributed by atoms with E-state index in [4.69, 9.17) is 37.4 Å². The van der Waals surface area contributed by atoms with E-state index in [-0.39, 0.29) is 36.4 Å². The Balaban J connectivity index is 2.27. The van der Waals surface area contributed by atoms with Crippen LogP contribution in [0.25, 0.3) is 0 Å². The Morgan fingerprint density at radius 3 is 2.44 bits per heavy atom.